The van der Waals surface area contributed by atoms with E-state index >= 15 is 0 Å². The zero-order chi connectivity index (χ0) is 15.8. The fourth-order valence-corrected chi connectivity index (χ4v) is 2.18. The largest absolute Gasteiger partial charge is 0.493 e. The molecule has 22 heavy (non-hydrogen) atoms. The van der Waals surface area contributed by atoms with E-state index in [1.165, 1.54) is 0 Å². The van der Waals surface area contributed by atoms with E-state index in [-0.39, 0.29) is 6.54 Å². The molecule has 0 bridgehead atoms. The SMILES string of the molecule is O=C(O)NCc1ccc(-c2ccccc2)c(OCCCCl)c1. The van der Waals surface area contributed by atoms with Gasteiger partial charge in [0.25, 0.3) is 0 Å². The van der Waals surface area contributed by atoms with Crippen molar-refractivity contribution in [2.24, 2.45) is 0 Å². The monoisotopic (exact) mass is 319 g/mol. The van der Waals surface area contributed by atoms with Gasteiger partial charge in [-0.1, -0.05) is 42.5 Å². The molecule has 0 fully saturated rings. The van der Waals surface area contributed by atoms with Crippen LogP contribution in [0.2, 0.25) is 0 Å². The van der Waals surface area contributed by atoms with Crippen molar-refractivity contribution >= 4 is 17.7 Å². The van der Waals surface area contributed by atoms with E-state index in [9.17, 15) is 4.79 Å². The molecule has 2 rings (SSSR count). The lowest BCUT2D eigenvalue weighted by atomic mass is 10.0. The summed E-state index contributed by atoms with van der Waals surface area (Å²) in [5.41, 5.74) is 2.89. The molecule has 0 aromatic heterocycles. The third kappa shape index (κ3) is 4.67. The molecular formula is C17H18ClNO3. The molecule has 0 aliphatic rings. The van der Waals surface area contributed by atoms with Crippen LogP contribution in [0.4, 0.5) is 4.79 Å². The van der Waals surface area contributed by atoms with Gasteiger partial charge in [-0.3, -0.25) is 0 Å². The summed E-state index contributed by atoms with van der Waals surface area (Å²) in [5, 5.41) is 11.0. The smallest absolute Gasteiger partial charge is 0.404 e. The summed E-state index contributed by atoms with van der Waals surface area (Å²) in [5.74, 6) is 1.28. The summed E-state index contributed by atoms with van der Waals surface area (Å²) in [6, 6.07) is 15.6. The summed E-state index contributed by atoms with van der Waals surface area (Å²) in [6.07, 6.45) is -0.287. The minimum Gasteiger partial charge on any atom is -0.493 e. The molecule has 4 nitrogen and oxygen atoms in total. The van der Waals surface area contributed by atoms with Gasteiger partial charge in [-0.15, -0.1) is 11.6 Å². The second-order valence-corrected chi connectivity index (χ2v) is 5.12. The van der Waals surface area contributed by atoms with E-state index < -0.39 is 6.09 Å². The molecule has 0 aliphatic carbocycles. The molecule has 2 aromatic carbocycles. The normalized spacial score (nSPS) is 10.2. The number of benzene rings is 2. The van der Waals surface area contributed by atoms with Gasteiger partial charge >= 0.3 is 6.09 Å². The van der Waals surface area contributed by atoms with Gasteiger partial charge in [0, 0.05) is 18.0 Å². The zero-order valence-electron chi connectivity index (χ0n) is 12.1. The number of amides is 1. The lowest BCUT2D eigenvalue weighted by Crippen LogP contribution is -2.19. The van der Waals surface area contributed by atoms with Crippen LogP contribution < -0.4 is 10.1 Å². The van der Waals surface area contributed by atoms with Crippen LogP contribution in [0.3, 0.4) is 0 Å². The summed E-state index contributed by atoms with van der Waals surface area (Å²) < 4.78 is 5.82. The number of halogens is 1. The first kappa shape index (κ1) is 16.2. The first-order valence-electron chi connectivity index (χ1n) is 7.04. The van der Waals surface area contributed by atoms with Crippen LogP contribution in [0, 0.1) is 0 Å². The second kappa shape index (κ2) is 8.29. The summed E-state index contributed by atoms with van der Waals surface area (Å²) in [7, 11) is 0. The molecule has 2 aromatic rings. The zero-order valence-corrected chi connectivity index (χ0v) is 12.8. The van der Waals surface area contributed by atoms with Crippen LogP contribution in [0.15, 0.2) is 48.5 Å². The molecule has 0 atom stereocenters. The molecule has 0 unspecified atom stereocenters. The maximum atomic E-state index is 10.6. The van der Waals surface area contributed by atoms with Gasteiger partial charge in [0.05, 0.1) is 6.61 Å². The number of carboxylic acid groups (broad SMARTS) is 1. The summed E-state index contributed by atoms with van der Waals surface area (Å²) >= 11 is 5.69. The topological polar surface area (TPSA) is 58.6 Å². The van der Waals surface area contributed by atoms with E-state index in [1.807, 2.05) is 48.5 Å². The number of carbonyl (C=O) groups is 1. The maximum Gasteiger partial charge on any atom is 0.404 e. The Bertz CT molecular complexity index is 617. The van der Waals surface area contributed by atoms with Gasteiger partial charge in [-0.05, 0) is 23.6 Å². The van der Waals surface area contributed by atoms with Crippen molar-refractivity contribution in [3.8, 4) is 16.9 Å². The lowest BCUT2D eigenvalue weighted by molar-refractivity contribution is 0.194. The van der Waals surface area contributed by atoms with Crippen LogP contribution in [0.5, 0.6) is 5.75 Å². The Kier molecular flexibility index (Phi) is 6.10. The Labute approximate surface area is 134 Å². The summed E-state index contributed by atoms with van der Waals surface area (Å²) in [4.78, 5) is 10.6. The van der Waals surface area contributed by atoms with Crippen molar-refractivity contribution in [3.05, 3.63) is 54.1 Å². The highest BCUT2D eigenvalue weighted by Crippen LogP contribution is 2.31. The Hall–Kier alpha value is -2.20. The average molecular weight is 320 g/mol. The standard InChI is InChI=1S/C17H18ClNO3/c18-9-4-10-22-16-11-13(12-19-17(20)21)7-8-15(16)14-5-2-1-3-6-14/h1-3,5-8,11,19H,4,9-10,12H2,(H,20,21). The van der Waals surface area contributed by atoms with Crippen LogP contribution in [0.1, 0.15) is 12.0 Å². The van der Waals surface area contributed by atoms with Crippen molar-refractivity contribution in [1.82, 2.24) is 5.32 Å². The van der Waals surface area contributed by atoms with Crippen molar-refractivity contribution < 1.29 is 14.6 Å². The highest BCUT2D eigenvalue weighted by atomic mass is 35.5. The predicted molar refractivity (Wildman–Crippen MR) is 87.6 cm³/mol. The lowest BCUT2D eigenvalue weighted by Gasteiger charge is -2.13. The van der Waals surface area contributed by atoms with Gasteiger partial charge in [-0.25, -0.2) is 4.79 Å². The highest BCUT2D eigenvalue weighted by Gasteiger charge is 2.08. The second-order valence-electron chi connectivity index (χ2n) is 4.75. The quantitative estimate of drug-likeness (QED) is 0.596. The van der Waals surface area contributed by atoms with E-state index in [4.69, 9.17) is 21.4 Å². The number of ether oxygens (including phenoxy) is 1. The summed E-state index contributed by atoms with van der Waals surface area (Å²) in [6.45, 7) is 0.773. The third-order valence-electron chi connectivity index (χ3n) is 3.11. The molecule has 5 heteroatoms. The molecule has 0 saturated heterocycles. The van der Waals surface area contributed by atoms with Crippen molar-refractivity contribution in [1.29, 1.82) is 0 Å². The number of hydrogen-bond donors (Lipinski definition) is 2. The molecular weight excluding hydrogens is 302 g/mol. The molecule has 0 heterocycles. The van der Waals surface area contributed by atoms with E-state index in [1.54, 1.807) is 0 Å². The first-order valence-corrected chi connectivity index (χ1v) is 7.58. The van der Waals surface area contributed by atoms with Crippen LogP contribution in [0.25, 0.3) is 11.1 Å². The van der Waals surface area contributed by atoms with Gasteiger partial charge in [0.2, 0.25) is 0 Å². The van der Waals surface area contributed by atoms with Crippen LogP contribution in [-0.2, 0) is 6.54 Å². The Balaban J connectivity index is 2.25. The number of rotatable bonds is 7. The van der Waals surface area contributed by atoms with E-state index in [2.05, 4.69) is 5.32 Å². The van der Waals surface area contributed by atoms with E-state index in [0.29, 0.717) is 12.5 Å². The van der Waals surface area contributed by atoms with Crippen molar-refractivity contribution in [3.63, 3.8) is 0 Å². The number of hydrogen-bond acceptors (Lipinski definition) is 2. The first-order chi connectivity index (χ1) is 10.7. The predicted octanol–water partition coefficient (Wildman–Crippen LogP) is 4.13. The Morgan fingerprint density at radius 3 is 2.64 bits per heavy atom. The van der Waals surface area contributed by atoms with Crippen molar-refractivity contribution in [2.45, 2.75) is 13.0 Å². The number of nitrogens with one attached hydrogen (secondary N) is 1. The molecule has 116 valence electrons. The fraction of sp³-hybridized carbons (Fsp3) is 0.235. The fourth-order valence-electron chi connectivity index (χ4n) is 2.07. The molecule has 0 aliphatic heterocycles. The Morgan fingerprint density at radius 2 is 1.95 bits per heavy atom. The molecule has 0 spiro atoms. The average Bonchev–Trinajstić information content (AvgIpc) is 2.54. The van der Waals surface area contributed by atoms with Crippen molar-refractivity contribution in [2.75, 3.05) is 12.5 Å². The highest BCUT2D eigenvalue weighted by molar-refractivity contribution is 6.17. The minimum atomic E-state index is -1.04. The number of alkyl halides is 1. The molecule has 1 amide bonds. The van der Waals surface area contributed by atoms with E-state index in [0.717, 1.165) is 28.9 Å². The maximum absolute atomic E-state index is 10.6. The molecule has 0 radical (unpaired) electrons. The molecule has 2 N–H and O–H groups in total. The van der Waals surface area contributed by atoms with Crippen LogP contribution >= 0.6 is 11.6 Å². The molecule has 0 saturated carbocycles. The van der Waals surface area contributed by atoms with Gasteiger partial charge in [0.15, 0.2) is 0 Å². The van der Waals surface area contributed by atoms with Gasteiger partial charge < -0.3 is 15.2 Å². The third-order valence-corrected chi connectivity index (χ3v) is 3.38. The van der Waals surface area contributed by atoms with Crippen LogP contribution in [-0.4, -0.2) is 23.7 Å². The minimum absolute atomic E-state index is 0.246. The van der Waals surface area contributed by atoms with Gasteiger partial charge in [-0.2, -0.15) is 0 Å². The van der Waals surface area contributed by atoms with Gasteiger partial charge in [0.1, 0.15) is 5.75 Å². The Morgan fingerprint density at radius 1 is 1.18 bits per heavy atom.